The highest BCUT2D eigenvalue weighted by Crippen LogP contribution is 2.30. The minimum Gasteiger partial charge on any atom is -0.457 e. The molecule has 25 heavy (non-hydrogen) atoms. The average Bonchev–Trinajstić information content (AvgIpc) is 2.65. The van der Waals surface area contributed by atoms with E-state index in [0.29, 0.717) is 0 Å². The van der Waals surface area contributed by atoms with Crippen LogP contribution in [-0.2, 0) is 12.8 Å². The van der Waals surface area contributed by atoms with Gasteiger partial charge in [0.25, 0.3) is 0 Å². The summed E-state index contributed by atoms with van der Waals surface area (Å²) >= 11 is 0. The second-order valence-corrected chi connectivity index (χ2v) is 6.39. The molecule has 0 amide bonds. The summed E-state index contributed by atoms with van der Waals surface area (Å²) in [6, 6.07) is 16.8. The first-order chi connectivity index (χ1) is 12.3. The van der Waals surface area contributed by atoms with Crippen LogP contribution < -0.4 is 4.74 Å². The van der Waals surface area contributed by atoms with Gasteiger partial charge in [-0.25, -0.2) is 0 Å². The van der Waals surface area contributed by atoms with Crippen molar-refractivity contribution in [1.82, 2.24) is 0 Å². The average molecular weight is 335 g/mol. The lowest BCUT2D eigenvalue weighted by molar-refractivity contribution is 0.467. The molecule has 0 unspecified atom stereocenters. The van der Waals surface area contributed by atoms with Gasteiger partial charge >= 0.3 is 0 Å². The van der Waals surface area contributed by atoms with Crippen molar-refractivity contribution in [1.29, 1.82) is 0 Å². The fourth-order valence-corrected chi connectivity index (χ4v) is 2.95. The van der Waals surface area contributed by atoms with E-state index < -0.39 is 0 Å². The summed E-state index contributed by atoms with van der Waals surface area (Å²) in [5.74, 6) is 1.97. The van der Waals surface area contributed by atoms with E-state index in [4.69, 9.17) is 4.74 Å². The van der Waals surface area contributed by atoms with E-state index in [-0.39, 0.29) is 0 Å². The largest absolute Gasteiger partial charge is 0.457 e. The third kappa shape index (κ3) is 6.62. The summed E-state index contributed by atoms with van der Waals surface area (Å²) < 4.78 is 6.31. The van der Waals surface area contributed by atoms with Crippen LogP contribution in [-0.4, -0.2) is 0 Å². The molecule has 0 spiro atoms. The molecule has 0 saturated heterocycles. The van der Waals surface area contributed by atoms with Gasteiger partial charge < -0.3 is 4.74 Å². The molecular weight excluding hydrogens is 304 g/mol. The molecule has 2 aromatic rings. The molecule has 1 nitrogen and oxygen atoms in total. The number of ether oxygens (including phenoxy) is 1. The van der Waals surface area contributed by atoms with Crippen molar-refractivity contribution in [3.8, 4) is 11.5 Å². The molecule has 0 bridgehead atoms. The number of benzene rings is 2. The van der Waals surface area contributed by atoms with Gasteiger partial charge in [0.1, 0.15) is 11.5 Å². The van der Waals surface area contributed by atoms with Gasteiger partial charge in [0.15, 0.2) is 0 Å². The van der Waals surface area contributed by atoms with Crippen molar-refractivity contribution < 1.29 is 4.74 Å². The number of unbranched alkanes of at least 4 members (excludes halogenated alkanes) is 4. The summed E-state index contributed by atoms with van der Waals surface area (Å²) in [4.78, 5) is 0. The maximum atomic E-state index is 6.31. The Kier molecular flexibility index (Phi) is 8.61. The highest BCUT2D eigenvalue weighted by atomic mass is 16.5. The Morgan fingerprint density at radius 3 is 1.52 bits per heavy atom. The Morgan fingerprint density at radius 1 is 0.640 bits per heavy atom. The first kappa shape index (κ1) is 19.1. The molecule has 0 aliphatic heterocycles. The lowest BCUT2D eigenvalue weighted by Gasteiger charge is -2.14. The van der Waals surface area contributed by atoms with Crippen LogP contribution >= 0.6 is 0 Å². The van der Waals surface area contributed by atoms with Gasteiger partial charge in [-0.05, 0) is 74.6 Å². The van der Waals surface area contributed by atoms with Crippen LogP contribution in [0.4, 0.5) is 0 Å². The van der Waals surface area contributed by atoms with Gasteiger partial charge in [0, 0.05) is 0 Å². The molecule has 2 rings (SSSR count). The lowest BCUT2D eigenvalue weighted by atomic mass is 10.0. The van der Waals surface area contributed by atoms with E-state index in [1.165, 1.54) is 24.0 Å². The van der Waals surface area contributed by atoms with E-state index in [1.54, 1.807) is 0 Å². The minimum atomic E-state index is 0.986. The smallest absolute Gasteiger partial charge is 0.130 e. The quantitative estimate of drug-likeness (QED) is 0.293. The number of hydrogen-bond acceptors (Lipinski definition) is 1. The fourth-order valence-electron chi connectivity index (χ4n) is 2.95. The molecule has 1 heteroatoms. The van der Waals surface area contributed by atoms with Crippen molar-refractivity contribution in [2.45, 2.75) is 51.4 Å². The third-order valence-electron chi connectivity index (χ3n) is 4.37. The monoisotopic (exact) mass is 334 g/mol. The summed E-state index contributed by atoms with van der Waals surface area (Å²) in [6.45, 7) is 7.59. The van der Waals surface area contributed by atoms with Gasteiger partial charge in [-0.15, -0.1) is 13.2 Å². The standard InChI is InChI=1S/C24H30O/c1-3-5-7-9-15-21-17-11-13-19-23(21)25-24-20-14-12-18-22(24)16-10-8-6-4-2/h3-4,11-14,17-20H,1-2,5-10,15-16H2. The molecule has 0 radical (unpaired) electrons. The third-order valence-corrected chi connectivity index (χ3v) is 4.37. The van der Waals surface area contributed by atoms with Crippen LogP contribution in [0.3, 0.4) is 0 Å². The van der Waals surface area contributed by atoms with E-state index >= 15 is 0 Å². The summed E-state index contributed by atoms with van der Waals surface area (Å²) in [6.07, 6.45) is 12.9. The van der Waals surface area contributed by atoms with Gasteiger partial charge in [-0.1, -0.05) is 48.6 Å². The van der Waals surface area contributed by atoms with Crippen LogP contribution in [0.1, 0.15) is 49.7 Å². The van der Waals surface area contributed by atoms with Crippen LogP contribution in [0.25, 0.3) is 0 Å². The summed E-state index contributed by atoms with van der Waals surface area (Å²) in [7, 11) is 0. The second-order valence-electron chi connectivity index (χ2n) is 6.39. The molecule has 0 N–H and O–H groups in total. The molecule has 0 aliphatic rings. The van der Waals surface area contributed by atoms with Crippen molar-refractivity contribution in [3.05, 3.63) is 85.0 Å². The van der Waals surface area contributed by atoms with E-state index in [1.807, 2.05) is 12.2 Å². The Labute approximate surface area is 153 Å². The summed E-state index contributed by atoms with van der Waals surface area (Å²) in [5, 5.41) is 0. The van der Waals surface area contributed by atoms with Crippen molar-refractivity contribution in [3.63, 3.8) is 0 Å². The van der Waals surface area contributed by atoms with Crippen molar-refractivity contribution in [2.24, 2.45) is 0 Å². The number of aryl methyl sites for hydroxylation is 2. The van der Waals surface area contributed by atoms with Gasteiger partial charge in [-0.3, -0.25) is 0 Å². The first-order valence-electron chi connectivity index (χ1n) is 9.40. The predicted octanol–water partition coefficient (Wildman–Crippen LogP) is 7.28. The molecule has 132 valence electrons. The number of allylic oxidation sites excluding steroid dienone is 2. The van der Waals surface area contributed by atoms with Crippen LogP contribution in [0.15, 0.2) is 73.8 Å². The first-order valence-corrected chi connectivity index (χ1v) is 9.40. The Morgan fingerprint density at radius 2 is 1.08 bits per heavy atom. The van der Waals surface area contributed by atoms with E-state index in [2.05, 4.69) is 61.7 Å². The SMILES string of the molecule is C=CCCCCc1ccccc1Oc1ccccc1CCCCC=C. The highest BCUT2D eigenvalue weighted by molar-refractivity contribution is 5.41. The van der Waals surface area contributed by atoms with Crippen LogP contribution in [0.5, 0.6) is 11.5 Å². The molecular formula is C24H30O. The van der Waals surface area contributed by atoms with Crippen molar-refractivity contribution >= 4 is 0 Å². The highest BCUT2D eigenvalue weighted by Gasteiger charge is 2.08. The molecule has 0 aliphatic carbocycles. The zero-order valence-corrected chi connectivity index (χ0v) is 15.3. The maximum absolute atomic E-state index is 6.31. The number of hydrogen-bond donors (Lipinski definition) is 0. The fraction of sp³-hybridized carbons (Fsp3) is 0.333. The Balaban J connectivity index is 2.03. The molecule has 0 fully saturated rings. The zero-order chi connectivity index (χ0) is 17.7. The topological polar surface area (TPSA) is 9.23 Å². The number of rotatable bonds is 12. The van der Waals surface area contributed by atoms with Gasteiger partial charge in [-0.2, -0.15) is 0 Å². The maximum Gasteiger partial charge on any atom is 0.130 e. The van der Waals surface area contributed by atoms with Crippen molar-refractivity contribution in [2.75, 3.05) is 0 Å². The Bertz CT molecular complexity index is 599. The second kappa shape index (κ2) is 11.3. The summed E-state index contributed by atoms with van der Waals surface area (Å²) in [5.41, 5.74) is 2.57. The number of para-hydroxylation sites is 2. The molecule has 0 heterocycles. The molecule has 2 aromatic carbocycles. The van der Waals surface area contributed by atoms with Crippen LogP contribution in [0.2, 0.25) is 0 Å². The normalized spacial score (nSPS) is 10.4. The predicted molar refractivity (Wildman–Crippen MR) is 108 cm³/mol. The molecule has 0 atom stereocenters. The van der Waals surface area contributed by atoms with Gasteiger partial charge in [0.05, 0.1) is 0 Å². The lowest BCUT2D eigenvalue weighted by Crippen LogP contribution is -1.96. The Hall–Kier alpha value is -2.28. The molecule has 0 aromatic heterocycles. The van der Waals surface area contributed by atoms with E-state index in [0.717, 1.165) is 50.0 Å². The van der Waals surface area contributed by atoms with E-state index in [9.17, 15) is 0 Å². The minimum absolute atomic E-state index is 0.986. The zero-order valence-electron chi connectivity index (χ0n) is 15.3. The van der Waals surface area contributed by atoms with Crippen LogP contribution in [0, 0.1) is 0 Å². The van der Waals surface area contributed by atoms with Gasteiger partial charge in [0.2, 0.25) is 0 Å². The molecule has 0 saturated carbocycles.